The van der Waals surface area contributed by atoms with Crippen LogP contribution < -0.4 is 0 Å². The minimum atomic E-state index is 0. The van der Waals surface area contributed by atoms with Gasteiger partial charge in [-0.2, -0.15) is 20.8 Å². The molecule has 0 heterocycles. The molecule has 3 radical (unpaired) electrons. The molecular weight excluding hydrogens is 315 g/mol. The van der Waals surface area contributed by atoms with Gasteiger partial charge in [0.15, 0.2) is 0 Å². The first-order chi connectivity index (χ1) is 1.73. The van der Waals surface area contributed by atoms with Gasteiger partial charge in [-0.3, -0.25) is 0 Å². The van der Waals surface area contributed by atoms with Crippen molar-refractivity contribution in [3.8, 4) is 0 Å². The molecule has 0 aromatic carbocycles. The maximum Gasteiger partial charge on any atom is 0 e. The van der Waals surface area contributed by atoms with E-state index in [1.807, 2.05) is 0 Å². The summed E-state index contributed by atoms with van der Waals surface area (Å²) in [7, 11) is 0. The summed E-state index contributed by atoms with van der Waals surface area (Å²) < 4.78 is 0. The molecule has 0 aromatic heterocycles. The van der Waals surface area contributed by atoms with Gasteiger partial charge in [-0.15, -0.1) is 0 Å². The average Bonchev–Trinajstić information content (AvgIpc) is 0.811. The van der Waals surface area contributed by atoms with E-state index in [4.69, 9.17) is 0 Å². The zero-order valence-electron chi connectivity index (χ0n) is 5.23. The van der Waals surface area contributed by atoms with E-state index in [2.05, 4.69) is 20.8 Å². The van der Waals surface area contributed by atoms with Gasteiger partial charge in [-0.1, -0.05) is 0 Å². The van der Waals surface area contributed by atoms with E-state index in [9.17, 15) is 0 Å². The van der Waals surface area contributed by atoms with Crippen LogP contribution in [0.3, 0.4) is 0 Å². The first-order valence-corrected chi connectivity index (χ1v) is 1.50. The van der Waals surface area contributed by atoms with Crippen molar-refractivity contribution in [2.45, 2.75) is 20.8 Å². The molecule has 0 amide bonds. The predicted octanol–water partition coefficient (Wildman–Crippen LogP) is 1.61. The molecule has 35 valence electrons. The van der Waals surface area contributed by atoms with Crippen LogP contribution in [0.2, 0.25) is 0 Å². The Hall–Kier alpha value is 3.31. The van der Waals surface area contributed by atoms with Crippen LogP contribution in [0, 0.1) is 5.92 Å². The average molecular weight is 324 g/mol. The molecule has 0 saturated heterocycles. The van der Waals surface area contributed by atoms with Crippen molar-refractivity contribution in [1.82, 2.24) is 0 Å². The summed E-state index contributed by atoms with van der Waals surface area (Å²) in [6.45, 7) is 6.25. The third kappa shape index (κ3) is 45.4. The van der Waals surface area contributed by atoms with E-state index in [0.29, 0.717) is 0 Å². The molecule has 0 aliphatic rings. The maximum absolute atomic E-state index is 2.08. The van der Waals surface area contributed by atoms with Crippen molar-refractivity contribution >= 4 is 0 Å². The van der Waals surface area contributed by atoms with Crippen molar-refractivity contribution in [2.24, 2.45) is 0 Å². The van der Waals surface area contributed by atoms with Gasteiger partial charge in [-0.05, 0) is 0 Å². The Morgan fingerprint density at radius 3 is 0.714 bits per heavy atom. The molecule has 0 rings (SSSR count). The first kappa shape index (κ1) is 22.4. The fourth-order valence-corrected chi connectivity index (χ4v) is 0. The largest absolute Gasteiger partial charge is 0.323 e. The summed E-state index contributed by atoms with van der Waals surface area (Å²) in [5.74, 6) is 1.42. The zero-order chi connectivity index (χ0) is 3.58. The standard InChI is InChI=1S/C4H9.3Y/c1-4(2)3;;;/h1-3H3;;;/q-1;;;. The summed E-state index contributed by atoms with van der Waals surface area (Å²) in [6.07, 6.45) is 0. The molecule has 0 fully saturated rings. The molecule has 0 N–H and O–H groups in total. The van der Waals surface area contributed by atoms with Gasteiger partial charge in [0.2, 0.25) is 0 Å². The van der Waals surface area contributed by atoms with Gasteiger partial charge < -0.3 is 5.92 Å². The van der Waals surface area contributed by atoms with Crippen molar-refractivity contribution in [3.05, 3.63) is 5.92 Å². The van der Waals surface area contributed by atoms with Crippen LogP contribution in [0.25, 0.3) is 0 Å². The zero-order valence-corrected chi connectivity index (χ0v) is 13.7. The fraction of sp³-hybridized carbons (Fsp3) is 0.750. The molecule has 0 aliphatic carbocycles. The molecule has 0 aromatic rings. The van der Waals surface area contributed by atoms with E-state index in [0.717, 1.165) is 0 Å². The Bertz CT molecular complexity index is 11.7. The summed E-state index contributed by atoms with van der Waals surface area (Å²) in [6, 6.07) is 0. The van der Waals surface area contributed by atoms with Gasteiger partial charge >= 0.3 is 0 Å². The number of rotatable bonds is 0. The minimum Gasteiger partial charge on any atom is -0.323 e. The van der Waals surface area contributed by atoms with Crippen LogP contribution >= 0.6 is 0 Å². The molecule has 0 spiro atoms. The number of hydrogen-bond acceptors (Lipinski definition) is 0. The molecule has 7 heavy (non-hydrogen) atoms. The smallest absolute Gasteiger partial charge is 0 e. The quantitative estimate of drug-likeness (QED) is 0.594. The Balaban J connectivity index is -0.0000000150. The van der Waals surface area contributed by atoms with Crippen molar-refractivity contribution in [1.29, 1.82) is 0 Å². The second kappa shape index (κ2) is 16.1. The monoisotopic (exact) mass is 324 g/mol. The van der Waals surface area contributed by atoms with E-state index in [1.54, 1.807) is 0 Å². The van der Waals surface area contributed by atoms with Crippen LogP contribution in [0.4, 0.5) is 0 Å². The van der Waals surface area contributed by atoms with E-state index in [1.165, 1.54) is 5.92 Å². The molecule has 0 bridgehead atoms. The molecule has 3 heteroatoms. The van der Waals surface area contributed by atoms with Crippen molar-refractivity contribution < 1.29 is 98.1 Å². The van der Waals surface area contributed by atoms with Crippen LogP contribution in [-0.2, 0) is 98.1 Å². The van der Waals surface area contributed by atoms with Gasteiger partial charge in [0.05, 0.1) is 0 Å². The molecule has 0 aliphatic heterocycles. The van der Waals surface area contributed by atoms with Gasteiger partial charge in [0.25, 0.3) is 0 Å². The van der Waals surface area contributed by atoms with Crippen LogP contribution in [0.5, 0.6) is 0 Å². The van der Waals surface area contributed by atoms with E-state index < -0.39 is 0 Å². The summed E-state index contributed by atoms with van der Waals surface area (Å²) in [5.41, 5.74) is 0. The normalized spacial score (nSPS) is 5.14. The Morgan fingerprint density at radius 2 is 0.714 bits per heavy atom. The molecule has 0 unspecified atom stereocenters. The summed E-state index contributed by atoms with van der Waals surface area (Å²) >= 11 is 0. The molecule has 0 atom stereocenters. The van der Waals surface area contributed by atoms with Crippen molar-refractivity contribution in [2.75, 3.05) is 0 Å². The SMILES string of the molecule is C[C-](C)C.[Y].[Y].[Y]. The Labute approximate surface area is 122 Å². The van der Waals surface area contributed by atoms with E-state index >= 15 is 0 Å². The number of hydrogen-bond donors (Lipinski definition) is 0. The summed E-state index contributed by atoms with van der Waals surface area (Å²) in [4.78, 5) is 0. The third-order valence-electron chi connectivity index (χ3n) is 0. The van der Waals surface area contributed by atoms with Crippen LogP contribution in [0.15, 0.2) is 0 Å². The molecule has 0 saturated carbocycles. The summed E-state index contributed by atoms with van der Waals surface area (Å²) in [5, 5.41) is 0. The van der Waals surface area contributed by atoms with Gasteiger partial charge in [-0.25, -0.2) is 0 Å². The van der Waals surface area contributed by atoms with E-state index in [-0.39, 0.29) is 98.1 Å². The maximum atomic E-state index is 2.08. The Kier molecular flexibility index (Phi) is 51.8. The predicted molar refractivity (Wildman–Crippen MR) is 20.3 cm³/mol. The first-order valence-electron chi connectivity index (χ1n) is 1.50. The second-order valence-corrected chi connectivity index (χ2v) is 1.50. The fourth-order valence-electron chi connectivity index (χ4n) is 0. The molecular formula is C4H9Y3-. The second-order valence-electron chi connectivity index (χ2n) is 1.50. The molecule has 0 nitrogen and oxygen atoms in total. The van der Waals surface area contributed by atoms with Gasteiger partial charge in [0.1, 0.15) is 0 Å². The van der Waals surface area contributed by atoms with Crippen LogP contribution in [-0.4, -0.2) is 0 Å². The van der Waals surface area contributed by atoms with Gasteiger partial charge in [0, 0.05) is 98.1 Å². The van der Waals surface area contributed by atoms with Crippen LogP contribution in [0.1, 0.15) is 20.8 Å². The third-order valence-corrected chi connectivity index (χ3v) is 0. The Morgan fingerprint density at radius 1 is 0.714 bits per heavy atom. The minimum absolute atomic E-state index is 0. The topological polar surface area (TPSA) is 0 Å². The van der Waals surface area contributed by atoms with Crippen molar-refractivity contribution in [3.63, 3.8) is 0 Å².